The third-order valence-electron chi connectivity index (χ3n) is 5.63. The lowest BCUT2D eigenvalue weighted by Gasteiger charge is -2.13. The lowest BCUT2D eigenvalue weighted by molar-refractivity contribution is 0.0957. The second-order valence-corrected chi connectivity index (χ2v) is 9.04. The van der Waals surface area contributed by atoms with Crippen LogP contribution >= 0.6 is 15.9 Å². The van der Waals surface area contributed by atoms with E-state index in [2.05, 4.69) is 36.5 Å². The van der Waals surface area contributed by atoms with Crippen molar-refractivity contribution in [3.8, 4) is 17.2 Å². The van der Waals surface area contributed by atoms with Crippen LogP contribution in [0.4, 0.5) is 5.69 Å². The van der Waals surface area contributed by atoms with Crippen molar-refractivity contribution in [3.05, 3.63) is 117 Å². The van der Waals surface area contributed by atoms with Crippen molar-refractivity contribution in [2.45, 2.75) is 0 Å². The maximum atomic E-state index is 13.5. The van der Waals surface area contributed by atoms with Crippen molar-refractivity contribution in [3.63, 3.8) is 0 Å². The van der Waals surface area contributed by atoms with Gasteiger partial charge >= 0.3 is 0 Å². The first-order valence-electron chi connectivity index (χ1n) is 11.5. The summed E-state index contributed by atoms with van der Waals surface area (Å²) in [5.41, 5.74) is 1.24. The minimum atomic E-state index is -0.551. The molecule has 10 heteroatoms. The summed E-state index contributed by atoms with van der Waals surface area (Å²) in [6.45, 7) is 0. The van der Waals surface area contributed by atoms with E-state index in [1.165, 1.54) is 23.9 Å². The highest BCUT2D eigenvalue weighted by Gasteiger charge is 2.18. The summed E-state index contributed by atoms with van der Waals surface area (Å²) in [4.78, 5) is 46.8. The summed E-state index contributed by atoms with van der Waals surface area (Å²) >= 11 is 3.40. The zero-order valence-electron chi connectivity index (χ0n) is 20.0. The van der Waals surface area contributed by atoms with E-state index in [0.29, 0.717) is 33.9 Å². The number of pyridine rings is 3. The molecule has 0 atom stereocenters. The van der Waals surface area contributed by atoms with Gasteiger partial charge in [-0.2, -0.15) is 0 Å². The number of carbonyl (C=O) groups is 2. The predicted molar refractivity (Wildman–Crippen MR) is 147 cm³/mol. The van der Waals surface area contributed by atoms with E-state index < -0.39 is 11.5 Å². The summed E-state index contributed by atoms with van der Waals surface area (Å²) in [6.07, 6.45) is 3.08. The first kappa shape index (κ1) is 24.8. The van der Waals surface area contributed by atoms with Crippen molar-refractivity contribution in [2.75, 3.05) is 12.4 Å². The molecule has 38 heavy (non-hydrogen) atoms. The highest BCUT2D eigenvalue weighted by molar-refractivity contribution is 9.10. The van der Waals surface area contributed by atoms with E-state index >= 15 is 0 Å². The monoisotopic (exact) mass is 569 g/mol. The van der Waals surface area contributed by atoms with Gasteiger partial charge in [0.05, 0.1) is 5.69 Å². The van der Waals surface area contributed by atoms with Crippen LogP contribution in [0.25, 0.3) is 16.7 Å². The normalized spacial score (nSPS) is 10.7. The van der Waals surface area contributed by atoms with E-state index in [4.69, 9.17) is 4.74 Å². The number of carbonyl (C=O) groups excluding carboxylic acids is 2. The zero-order valence-corrected chi connectivity index (χ0v) is 21.6. The van der Waals surface area contributed by atoms with Crippen molar-refractivity contribution in [2.24, 2.45) is 0 Å². The molecule has 0 radical (unpaired) electrons. The quantitative estimate of drug-likeness (QED) is 0.299. The summed E-state index contributed by atoms with van der Waals surface area (Å²) < 4.78 is 8.09. The Hall–Kier alpha value is -4.83. The number of fused-ring (bicyclic) bond motifs is 1. The minimum absolute atomic E-state index is 0.0211. The van der Waals surface area contributed by atoms with Gasteiger partial charge in [-0.25, -0.2) is 4.98 Å². The minimum Gasteiger partial charge on any atom is -0.457 e. The molecular weight excluding hydrogens is 550 g/mol. The van der Waals surface area contributed by atoms with Gasteiger partial charge in [-0.15, -0.1) is 0 Å². The standard InChI is InChI=1S/C28H20BrN5O4/c1-30-27(36)24-16-22(12-14-31-24)38-21-10-6-19(7-11-21)33-26(35)23-15-17-3-2-13-32-25(17)34(28(23)37)20-8-4-18(29)5-9-20/h2-16H,1H3,(H,30,36)(H,33,35). The number of halogens is 1. The van der Waals surface area contributed by atoms with Gasteiger partial charge in [-0.1, -0.05) is 15.9 Å². The number of nitrogens with zero attached hydrogens (tertiary/aromatic N) is 3. The maximum Gasteiger partial charge on any atom is 0.269 e. The number of amides is 2. The molecule has 0 saturated heterocycles. The second kappa shape index (κ2) is 10.7. The SMILES string of the molecule is CNC(=O)c1cc(Oc2ccc(NC(=O)c3cc4cccnc4n(-c4ccc(Br)cc4)c3=O)cc2)ccn1. The molecule has 188 valence electrons. The Bertz CT molecular complexity index is 1720. The molecule has 0 saturated carbocycles. The summed E-state index contributed by atoms with van der Waals surface area (Å²) in [7, 11) is 1.52. The largest absolute Gasteiger partial charge is 0.457 e. The van der Waals surface area contributed by atoms with Crippen LogP contribution < -0.4 is 20.9 Å². The molecule has 3 aromatic heterocycles. The average Bonchev–Trinajstić information content (AvgIpc) is 2.94. The Labute approximate surface area is 225 Å². The van der Waals surface area contributed by atoms with Gasteiger partial charge in [-0.3, -0.25) is 23.9 Å². The van der Waals surface area contributed by atoms with Gasteiger partial charge in [0.15, 0.2) is 0 Å². The first-order chi connectivity index (χ1) is 18.4. The van der Waals surface area contributed by atoms with Crippen LogP contribution in [0.15, 0.2) is 101 Å². The van der Waals surface area contributed by atoms with Crippen LogP contribution in [0.5, 0.6) is 11.5 Å². The van der Waals surface area contributed by atoms with E-state index in [9.17, 15) is 14.4 Å². The van der Waals surface area contributed by atoms with E-state index in [1.54, 1.807) is 66.9 Å². The zero-order chi connectivity index (χ0) is 26.6. The topological polar surface area (TPSA) is 115 Å². The third kappa shape index (κ3) is 5.16. The van der Waals surface area contributed by atoms with Gasteiger partial charge in [0.25, 0.3) is 17.4 Å². The Morgan fingerprint density at radius 2 is 1.63 bits per heavy atom. The van der Waals surface area contributed by atoms with Gasteiger partial charge in [0.1, 0.15) is 28.4 Å². The summed E-state index contributed by atoms with van der Waals surface area (Å²) in [6, 6.07) is 22.1. The van der Waals surface area contributed by atoms with Crippen LogP contribution in [0.1, 0.15) is 20.8 Å². The van der Waals surface area contributed by atoms with Gasteiger partial charge in [0.2, 0.25) is 0 Å². The van der Waals surface area contributed by atoms with Crippen LogP contribution in [0, 0.1) is 0 Å². The van der Waals surface area contributed by atoms with Crippen LogP contribution in [0.2, 0.25) is 0 Å². The van der Waals surface area contributed by atoms with E-state index in [-0.39, 0.29) is 17.2 Å². The second-order valence-electron chi connectivity index (χ2n) is 8.13. The molecule has 0 spiro atoms. The maximum absolute atomic E-state index is 13.5. The molecule has 2 N–H and O–H groups in total. The van der Waals surface area contributed by atoms with Crippen molar-refractivity contribution < 1.29 is 14.3 Å². The molecule has 0 aliphatic heterocycles. The lowest BCUT2D eigenvalue weighted by atomic mass is 10.1. The van der Waals surface area contributed by atoms with Crippen LogP contribution in [0.3, 0.4) is 0 Å². The molecular formula is C28H20BrN5O4. The molecule has 5 rings (SSSR count). The molecule has 3 heterocycles. The number of hydrogen-bond donors (Lipinski definition) is 2. The lowest BCUT2D eigenvalue weighted by Crippen LogP contribution is -2.29. The number of nitrogens with one attached hydrogen (secondary N) is 2. The smallest absolute Gasteiger partial charge is 0.269 e. The molecule has 2 amide bonds. The fraction of sp³-hybridized carbons (Fsp3) is 0.0357. The first-order valence-corrected chi connectivity index (χ1v) is 12.3. The number of ether oxygens (including phenoxy) is 1. The van der Waals surface area contributed by atoms with Gasteiger partial charge < -0.3 is 15.4 Å². The number of aromatic nitrogens is 3. The number of benzene rings is 2. The number of hydrogen-bond acceptors (Lipinski definition) is 6. The van der Waals surface area contributed by atoms with E-state index in [1.807, 2.05) is 12.1 Å². The fourth-order valence-electron chi connectivity index (χ4n) is 3.80. The van der Waals surface area contributed by atoms with Gasteiger partial charge in [-0.05, 0) is 72.8 Å². The Morgan fingerprint density at radius 1 is 0.868 bits per heavy atom. The molecule has 0 unspecified atom stereocenters. The van der Waals surface area contributed by atoms with E-state index in [0.717, 1.165) is 4.47 Å². The molecule has 9 nitrogen and oxygen atoms in total. The molecule has 0 bridgehead atoms. The predicted octanol–water partition coefficient (Wildman–Crippen LogP) is 4.95. The number of anilines is 1. The van der Waals surface area contributed by atoms with Crippen LogP contribution in [-0.2, 0) is 0 Å². The average molecular weight is 570 g/mol. The Kier molecular flexibility index (Phi) is 6.96. The third-order valence-corrected chi connectivity index (χ3v) is 6.16. The molecule has 0 aliphatic carbocycles. The Balaban J connectivity index is 1.40. The van der Waals surface area contributed by atoms with Crippen molar-refractivity contribution >= 4 is 44.5 Å². The molecule has 2 aromatic carbocycles. The van der Waals surface area contributed by atoms with Crippen molar-refractivity contribution in [1.29, 1.82) is 0 Å². The fourth-order valence-corrected chi connectivity index (χ4v) is 4.07. The van der Waals surface area contributed by atoms with Gasteiger partial charge in [0, 0.05) is 41.1 Å². The molecule has 0 aliphatic rings. The van der Waals surface area contributed by atoms with Crippen molar-refractivity contribution in [1.82, 2.24) is 19.9 Å². The Morgan fingerprint density at radius 3 is 2.37 bits per heavy atom. The number of rotatable bonds is 6. The highest BCUT2D eigenvalue weighted by Crippen LogP contribution is 2.24. The highest BCUT2D eigenvalue weighted by atomic mass is 79.9. The molecule has 5 aromatic rings. The molecule has 0 fully saturated rings. The summed E-state index contributed by atoms with van der Waals surface area (Å²) in [5.74, 6) is 0.0573. The van der Waals surface area contributed by atoms with Crippen LogP contribution in [-0.4, -0.2) is 33.4 Å². The summed E-state index contributed by atoms with van der Waals surface area (Å²) in [5, 5.41) is 5.94.